The van der Waals surface area contributed by atoms with Crippen LogP contribution in [0.1, 0.15) is 42.4 Å². The summed E-state index contributed by atoms with van der Waals surface area (Å²) in [6, 6.07) is 10.5. The van der Waals surface area contributed by atoms with Crippen LogP contribution in [0.3, 0.4) is 0 Å². The zero-order valence-corrected chi connectivity index (χ0v) is 19.0. The molecule has 1 aliphatic carbocycles. The lowest BCUT2D eigenvalue weighted by Crippen LogP contribution is -2.62. The number of benzene rings is 2. The molecule has 34 heavy (non-hydrogen) atoms. The second-order valence-corrected chi connectivity index (χ2v) is 9.66. The molecule has 0 aromatic heterocycles. The highest BCUT2D eigenvalue weighted by Gasteiger charge is 2.43. The third-order valence-electron chi connectivity index (χ3n) is 7.66. The molecule has 1 saturated heterocycles. The molecule has 8 heteroatoms. The first kappa shape index (κ1) is 23.1. The molecule has 2 heterocycles. The minimum atomic E-state index is -4.43. The van der Waals surface area contributed by atoms with Gasteiger partial charge in [0.25, 0.3) is 0 Å². The van der Waals surface area contributed by atoms with Crippen LogP contribution >= 0.6 is 0 Å². The molecule has 2 unspecified atom stereocenters. The van der Waals surface area contributed by atoms with E-state index in [0.29, 0.717) is 30.3 Å². The van der Waals surface area contributed by atoms with Gasteiger partial charge in [-0.1, -0.05) is 31.0 Å². The molecule has 3 aliphatic rings. The summed E-state index contributed by atoms with van der Waals surface area (Å²) in [6.07, 6.45) is 0.540. The summed E-state index contributed by atoms with van der Waals surface area (Å²) in [5.74, 6) is -1.14. The maximum Gasteiger partial charge on any atom is 0.416 e. The van der Waals surface area contributed by atoms with E-state index in [1.165, 1.54) is 25.0 Å². The van der Waals surface area contributed by atoms with Crippen molar-refractivity contribution in [3.8, 4) is 0 Å². The second kappa shape index (κ2) is 9.21. The van der Waals surface area contributed by atoms with Gasteiger partial charge in [0.15, 0.2) is 0 Å². The predicted molar refractivity (Wildman–Crippen MR) is 122 cm³/mol. The summed E-state index contributed by atoms with van der Waals surface area (Å²) >= 11 is 0. The fourth-order valence-electron chi connectivity index (χ4n) is 5.88. The van der Waals surface area contributed by atoms with E-state index in [4.69, 9.17) is 0 Å². The van der Waals surface area contributed by atoms with Gasteiger partial charge >= 0.3 is 6.18 Å². The molecule has 0 radical (unpaired) electrons. The quantitative estimate of drug-likeness (QED) is 0.648. The number of nitrogens with zero attached hydrogens (tertiary/aromatic N) is 2. The highest BCUT2D eigenvalue weighted by molar-refractivity contribution is 5.82. The van der Waals surface area contributed by atoms with Gasteiger partial charge in [0.05, 0.1) is 17.5 Å². The van der Waals surface area contributed by atoms with Crippen LogP contribution in [0.4, 0.5) is 23.2 Å². The van der Waals surface area contributed by atoms with Crippen LogP contribution in [0, 0.1) is 11.7 Å². The average Bonchev–Trinajstić information content (AvgIpc) is 3.36. The summed E-state index contributed by atoms with van der Waals surface area (Å²) < 4.78 is 54.2. The van der Waals surface area contributed by atoms with Crippen molar-refractivity contribution in [2.24, 2.45) is 5.92 Å². The van der Waals surface area contributed by atoms with E-state index < -0.39 is 23.5 Å². The normalized spacial score (nSPS) is 23.5. The maximum atomic E-state index is 14.1. The summed E-state index contributed by atoms with van der Waals surface area (Å²) in [6.45, 7) is 2.28. The molecule has 2 aromatic rings. The Morgan fingerprint density at radius 3 is 2.56 bits per heavy atom. The van der Waals surface area contributed by atoms with Crippen molar-refractivity contribution in [3.63, 3.8) is 0 Å². The van der Waals surface area contributed by atoms with Crippen LogP contribution in [0.15, 0.2) is 42.5 Å². The third kappa shape index (κ3) is 4.52. The number of alkyl halides is 3. The Morgan fingerprint density at radius 1 is 1.06 bits per heavy atom. The van der Waals surface area contributed by atoms with Gasteiger partial charge in [0.2, 0.25) is 5.91 Å². The van der Waals surface area contributed by atoms with E-state index in [9.17, 15) is 22.4 Å². The average molecular weight is 476 g/mol. The first-order valence-corrected chi connectivity index (χ1v) is 12.0. The fraction of sp³-hybridized carbons (Fsp3) is 0.500. The summed E-state index contributed by atoms with van der Waals surface area (Å²) in [5.41, 5.74) is 1.04. The number of hydrogen-bond donors (Lipinski definition) is 1. The van der Waals surface area contributed by atoms with Crippen LogP contribution < -0.4 is 10.2 Å². The minimum absolute atomic E-state index is 0.0521. The first-order valence-electron chi connectivity index (χ1n) is 12.0. The number of halogens is 4. The van der Waals surface area contributed by atoms with E-state index >= 15 is 0 Å². The maximum absolute atomic E-state index is 14.1. The molecule has 1 saturated carbocycles. The van der Waals surface area contributed by atoms with Crippen LogP contribution in [-0.2, 0) is 23.9 Å². The number of amides is 1. The molecule has 1 amide bonds. The van der Waals surface area contributed by atoms with E-state index in [0.717, 1.165) is 31.1 Å². The number of nitrogens with one attached hydrogen (secondary N) is 1. The standard InChI is InChI=1S/C26H29F4N3O/c27-22-8-4-1-5-17(22)15-31-25(34)21-14-18-13-19(26(28,29)30)9-10-23(18)33-12-11-32(16-24(21)33)20-6-2-3-7-20/h1,4-5,8-10,13,20-21,24H,2-3,6-7,11-12,14-16H2,(H,31,34). The minimum Gasteiger partial charge on any atom is -0.365 e. The Morgan fingerprint density at radius 2 is 1.82 bits per heavy atom. The summed E-state index contributed by atoms with van der Waals surface area (Å²) in [7, 11) is 0. The number of anilines is 1. The molecule has 2 atom stereocenters. The van der Waals surface area contributed by atoms with Gasteiger partial charge in [-0.05, 0) is 49.1 Å². The number of carbonyl (C=O) groups is 1. The molecular formula is C26H29F4N3O. The Hall–Kier alpha value is -2.61. The number of rotatable bonds is 4. The predicted octanol–water partition coefficient (Wildman–Crippen LogP) is 4.77. The second-order valence-electron chi connectivity index (χ2n) is 9.66. The van der Waals surface area contributed by atoms with Gasteiger partial charge in [-0.3, -0.25) is 9.69 Å². The summed E-state index contributed by atoms with van der Waals surface area (Å²) in [4.78, 5) is 17.9. The van der Waals surface area contributed by atoms with Gasteiger partial charge < -0.3 is 10.2 Å². The lowest BCUT2D eigenvalue weighted by atomic mass is 9.82. The highest BCUT2D eigenvalue weighted by atomic mass is 19.4. The molecule has 4 nitrogen and oxygen atoms in total. The lowest BCUT2D eigenvalue weighted by Gasteiger charge is -2.50. The lowest BCUT2D eigenvalue weighted by molar-refractivity contribution is -0.137. The molecule has 1 N–H and O–H groups in total. The van der Waals surface area contributed by atoms with Crippen LogP contribution in [0.5, 0.6) is 0 Å². The van der Waals surface area contributed by atoms with Crippen molar-refractivity contribution in [1.29, 1.82) is 0 Å². The van der Waals surface area contributed by atoms with Gasteiger partial charge in [-0.2, -0.15) is 13.2 Å². The van der Waals surface area contributed by atoms with Crippen molar-refractivity contribution < 1.29 is 22.4 Å². The molecule has 0 spiro atoms. The number of piperazine rings is 1. The smallest absolute Gasteiger partial charge is 0.365 e. The van der Waals surface area contributed by atoms with Gasteiger partial charge in [-0.25, -0.2) is 4.39 Å². The van der Waals surface area contributed by atoms with Crippen LogP contribution in [0.25, 0.3) is 0 Å². The zero-order chi connectivity index (χ0) is 23.9. The number of fused-ring (bicyclic) bond motifs is 3. The molecule has 182 valence electrons. The zero-order valence-electron chi connectivity index (χ0n) is 19.0. The number of carbonyl (C=O) groups excluding carboxylic acids is 1. The van der Waals surface area contributed by atoms with Gasteiger partial charge in [-0.15, -0.1) is 0 Å². The third-order valence-corrected chi connectivity index (χ3v) is 7.66. The van der Waals surface area contributed by atoms with Crippen molar-refractivity contribution in [2.75, 3.05) is 24.5 Å². The van der Waals surface area contributed by atoms with Crippen LogP contribution in [-0.4, -0.2) is 42.5 Å². The van der Waals surface area contributed by atoms with E-state index in [2.05, 4.69) is 15.1 Å². The molecule has 2 fully saturated rings. The van der Waals surface area contributed by atoms with Crippen molar-refractivity contribution in [1.82, 2.24) is 10.2 Å². The van der Waals surface area contributed by atoms with Crippen molar-refractivity contribution in [2.45, 2.75) is 56.9 Å². The molecular weight excluding hydrogens is 446 g/mol. The van der Waals surface area contributed by atoms with E-state index in [1.54, 1.807) is 24.3 Å². The van der Waals surface area contributed by atoms with E-state index in [1.807, 2.05) is 0 Å². The van der Waals surface area contributed by atoms with Crippen molar-refractivity contribution >= 4 is 11.6 Å². The monoisotopic (exact) mass is 475 g/mol. The Labute approximate surface area is 196 Å². The van der Waals surface area contributed by atoms with Crippen molar-refractivity contribution in [3.05, 3.63) is 65.0 Å². The molecule has 5 rings (SSSR count). The molecule has 0 bridgehead atoms. The number of hydrogen-bond acceptors (Lipinski definition) is 3. The Kier molecular flexibility index (Phi) is 6.27. The van der Waals surface area contributed by atoms with Gasteiger partial charge in [0.1, 0.15) is 5.82 Å². The Balaban J connectivity index is 1.42. The highest BCUT2D eigenvalue weighted by Crippen LogP contribution is 2.40. The Bertz CT molecular complexity index is 1050. The fourth-order valence-corrected chi connectivity index (χ4v) is 5.88. The topological polar surface area (TPSA) is 35.6 Å². The van der Waals surface area contributed by atoms with Crippen LogP contribution in [0.2, 0.25) is 0 Å². The summed E-state index contributed by atoms with van der Waals surface area (Å²) in [5, 5.41) is 2.86. The largest absolute Gasteiger partial charge is 0.416 e. The first-order chi connectivity index (χ1) is 16.3. The molecule has 2 aliphatic heterocycles. The van der Waals surface area contributed by atoms with E-state index in [-0.39, 0.29) is 24.9 Å². The van der Waals surface area contributed by atoms with Gasteiger partial charge in [0, 0.05) is 43.5 Å². The SMILES string of the molecule is O=C(NCc1ccccc1F)C1Cc2cc(C(F)(F)F)ccc2N2CCN(C3CCCC3)CC12. The molecule has 2 aromatic carbocycles.